The van der Waals surface area contributed by atoms with Gasteiger partial charge in [-0.3, -0.25) is 4.79 Å². The van der Waals surface area contributed by atoms with Crippen molar-refractivity contribution in [1.82, 2.24) is 19.6 Å². The summed E-state index contributed by atoms with van der Waals surface area (Å²) in [5.74, 6) is 1.97. The second kappa shape index (κ2) is 7.30. The second-order valence-electron chi connectivity index (χ2n) is 8.44. The third kappa shape index (κ3) is 3.55. The number of rotatable bonds is 4. The van der Waals surface area contributed by atoms with Crippen molar-refractivity contribution in [2.75, 3.05) is 26.2 Å². The first kappa shape index (κ1) is 18.4. The fourth-order valence-electron chi connectivity index (χ4n) is 4.65. The number of hydrogen-bond donors (Lipinski definition) is 0. The summed E-state index contributed by atoms with van der Waals surface area (Å²) < 4.78 is 12.8. The Bertz CT molecular complexity index is 1050. The molecule has 0 amide bonds. The molecule has 3 aromatic rings. The molecule has 7 heteroatoms. The molecule has 5 rings (SSSR count). The fourth-order valence-corrected chi connectivity index (χ4v) is 4.65. The number of hydrogen-bond acceptors (Lipinski definition) is 6. The fraction of sp³-hybridized carbons (Fsp3) is 0.500. The van der Waals surface area contributed by atoms with Gasteiger partial charge in [-0.15, -0.1) is 0 Å². The van der Waals surface area contributed by atoms with E-state index >= 15 is 0 Å². The molecule has 4 heterocycles. The van der Waals surface area contributed by atoms with Crippen LogP contribution in [-0.4, -0.2) is 51.8 Å². The van der Waals surface area contributed by atoms with E-state index < -0.39 is 0 Å². The van der Waals surface area contributed by atoms with Gasteiger partial charge in [0.05, 0.1) is 13.0 Å². The van der Waals surface area contributed by atoms with E-state index in [0.29, 0.717) is 30.7 Å². The molecule has 29 heavy (non-hydrogen) atoms. The van der Waals surface area contributed by atoms with Gasteiger partial charge in [0.2, 0.25) is 11.7 Å². The van der Waals surface area contributed by atoms with Gasteiger partial charge in [-0.1, -0.05) is 17.3 Å². The van der Waals surface area contributed by atoms with E-state index in [2.05, 4.69) is 53.0 Å². The van der Waals surface area contributed by atoms with Crippen LogP contribution in [-0.2, 0) is 16.6 Å². The molecule has 0 saturated carbocycles. The van der Waals surface area contributed by atoms with E-state index in [1.165, 1.54) is 16.5 Å². The Morgan fingerprint density at radius 1 is 1.24 bits per heavy atom. The van der Waals surface area contributed by atoms with Crippen molar-refractivity contribution < 1.29 is 14.1 Å². The van der Waals surface area contributed by atoms with Gasteiger partial charge >= 0.3 is 5.97 Å². The molecule has 2 saturated heterocycles. The highest BCUT2D eigenvalue weighted by Crippen LogP contribution is 2.31. The Morgan fingerprint density at radius 2 is 2.07 bits per heavy atom. The predicted octanol–water partition coefficient (Wildman–Crippen LogP) is 3.28. The molecule has 0 aliphatic carbocycles. The molecular weight excluding hydrogens is 368 g/mol. The number of cyclic esters (lactones) is 1. The van der Waals surface area contributed by atoms with Crippen LogP contribution in [0, 0.1) is 12.8 Å². The Hall–Kier alpha value is -2.67. The highest BCUT2D eigenvalue weighted by molar-refractivity contribution is 5.87. The summed E-state index contributed by atoms with van der Waals surface area (Å²) >= 11 is 0. The van der Waals surface area contributed by atoms with Crippen LogP contribution in [0.3, 0.4) is 0 Å². The highest BCUT2D eigenvalue weighted by Gasteiger charge is 2.30. The molecule has 1 atom stereocenters. The lowest BCUT2D eigenvalue weighted by Crippen LogP contribution is -2.36. The van der Waals surface area contributed by atoms with Crippen LogP contribution >= 0.6 is 0 Å². The number of carbonyl (C=O) groups is 1. The number of piperidine rings is 1. The van der Waals surface area contributed by atoms with Crippen LogP contribution in [0.4, 0.5) is 0 Å². The lowest BCUT2D eigenvalue weighted by atomic mass is 9.95. The molecule has 1 unspecified atom stereocenters. The Kier molecular flexibility index (Phi) is 4.62. The number of likely N-dealkylation sites (tertiary alicyclic amines) is 1. The smallest absolute Gasteiger partial charge is 0.306 e. The zero-order valence-corrected chi connectivity index (χ0v) is 16.9. The Labute approximate surface area is 169 Å². The first-order valence-electron chi connectivity index (χ1n) is 10.3. The number of benzene rings is 1. The molecule has 0 N–H and O–H groups in total. The molecular formula is C22H26N4O3. The maximum atomic E-state index is 11.3. The van der Waals surface area contributed by atoms with Gasteiger partial charge in [-0.2, -0.15) is 4.98 Å². The molecule has 1 aromatic carbocycles. The van der Waals surface area contributed by atoms with E-state index in [9.17, 15) is 4.79 Å². The lowest BCUT2D eigenvalue weighted by molar-refractivity contribution is -0.137. The van der Waals surface area contributed by atoms with Gasteiger partial charge in [0.1, 0.15) is 0 Å². The van der Waals surface area contributed by atoms with Crippen molar-refractivity contribution in [3.8, 4) is 11.4 Å². The molecule has 7 nitrogen and oxygen atoms in total. The molecule has 0 bridgehead atoms. The third-order valence-electron chi connectivity index (χ3n) is 6.28. The van der Waals surface area contributed by atoms with Gasteiger partial charge in [0.25, 0.3) is 0 Å². The Morgan fingerprint density at radius 3 is 2.83 bits per heavy atom. The standard InChI is InChI=1S/C22H26N4O3/c1-14-11-25(2)19-10-17(3-4-18(14)19)21-23-22(29-24-21)16-5-7-26(8-6-16)12-15-9-20(27)28-13-15/h3-4,10-11,15-16H,5-9,12-13H2,1-2H3. The highest BCUT2D eigenvalue weighted by atomic mass is 16.5. The molecule has 152 valence electrons. The van der Waals surface area contributed by atoms with Gasteiger partial charge in [-0.05, 0) is 44.5 Å². The van der Waals surface area contributed by atoms with Crippen molar-refractivity contribution >= 4 is 16.9 Å². The van der Waals surface area contributed by atoms with E-state index in [0.717, 1.165) is 43.9 Å². The molecule has 0 radical (unpaired) electrons. The van der Waals surface area contributed by atoms with Crippen LogP contribution in [0.2, 0.25) is 0 Å². The van der Waals surface area contributed by atoms with E-state index in [4.69, 9.17) is 14.2 Å². The maximum absolute atomic E-state index is 11.3. The van der Waals surface area contributed by atoms with Crippen molar-refractivity contribution in [3.63, 3.8) is 0 Å². The lowest BCUT2D eigenvalue weighted by Gasteiger charge is -2.31. The van der Waals surface area contributed by atoms with Gasteiger partial charge < -0.3 is 18.7 Å². The van der Waals surface area contributed by atoms with E-state index in [1.807, 2.05) is 0 Å². The number of carbonyl (C=O) groups excluding carboxylic acids is 1. The number of nitrogens with zero attached hydrogens (tertiary/aromatic N) is 4. The first-order chi connectivity index (χ1) is 14.1. The Balaban J connectivity index is 1.25. The van der Waals surface area contributed by atoms with E-state index in [-0.39, 0.29) is 5.97 Å². The van der Waals surface area contributed by atoms with Gasteiger partial charge in [-0.25, -0.2) is 0 Å². The quantitative estimate of drug-likeness (QED) is 0.633. The zero-order chi connectivity index (χ0) is 20.0. The summed E-state index contributed by atoms with van der Waals surface area (Å²) in [5.41, 5.74) is 3.43. The van der Waals surface area contributed by atoms with Crippen LogP contribution in [0.25, 0.3) is 22.3 Å². The monoisotopic (exact) mass is 394 g/mol. The summed E-state index contributed by atoms with van der Waals surface area (Å²) in [7, 11) is 2.06. The number of fused-ring (bicyclic) bond motifs is 1. The molecule has 2 aliphatic rings. The number of esters is 1. The largest absolute Gasteiger partial charge is 0.465 e. The molecule has 0 spiro atoms. The number of ether oxygens (including phenoxy) is 1. The van der Waals surface area contributed by atoms with Crippen molar-refractivity contribution in [2.24, 2.45) is 13.0 Å². The van der Waals surface area contributed by atoms with Gasteiger partial charge in [0.15, 0.2) is 0 Å². The summed E-state index contributed by atoms with van der Waals surface area (Å²) in [4.78, 5) is 18.4. The predicted molar refractivity (Wildman–Crippen MR) is 108 cm³/mol. The molecule has 2 aromatic heterocycles. The zero-order valence-electron chi connectivity index (χ0n) is 16.9. The number of aromatic nitrogens is 3. The maximum Gasteiger partial charge on any atom is 0.306 e. The minimum absolute atomic E-state index is 0.0630. The summed E-state index contributed by atoms with van der Waals surface area (Å²) in [6.07, 6.45) is 4.69. The summed E-state index contributed by atoms with van der Waals surface area (Å²) in [6, 6.07) is 6.33. The van der Waals surface area contributed by atoms with Crippen molar-refractivity contribution in [2.45, 2.75) is 32.1 Å². The topological polar surface area (TPSA) is 73.4 Å². The average molecular weight is 394 g/mol. The van der Waals surface area contributed by atoms with Crippen molar-refractivity contribution in [3.05, 3.63) is 35.9 Å². The first-order valence-corrected chi connectivity index (χ1v) is 10.3. The summed E-state index contributed by atoms with van der Waals surface area (Å²) in [5, 5.41) is 5.50. The van der Waals surface area contributed by atoms with E-state index in [1.54, 1.807) is 0 Å². The second-order valence-corrected chi connectivity index (χ2v) is 8.44. The minimum Gasteiger partial charge on any atom is -0.465 e. The van der Waals surface area contributed by atoms with Crippen molar-refractivity contribution in [1.29, 1.82) is 0 Å². The molecule has 2 fully saturated rings. The molecule has 2 aliphatic heterocycles. The average Bonchev–Trinajstić information content (AvgIpc) is 3.43. The third-order valence-corrected chi connectivity index (χ3v) is 6.28. The number of aryl methyl sites for hydroxylation is 2. The normalized spacial score (nSPS) is 21.2. The van der Waals surface area contributed by atoms with Gasteiger partial charge in [0, 0.05) is 48.1 Å². The summed E-state index contributed by atoms with van der Waals surface area (Å²) in [6.45, 7) is 5.60. The minimum atomic E-state index is -0.0630. The van der Waals surface area contributed by atoms with Crippen LogP contribution in [0.5, 0.6) is 0 Å². The van der Waals surface area contributed by atoms with Crippen LogP contribution in [0.15, 0.2) is 28.9 Å². The van der Waals surface area contributed by atoms with Crippen LogP contribution in [0.1, 0.15) is 36.6 Å². The SMILES string of the molecule is Cc1cn(C)c2cc(-c3noc(C4CCN(CC5COC(=O)C5)CC4)n3)ccc12. The van der Waals surface area contributed by atoms with Crippen LogP contribution < -0.4 is 0 Å².